The quantitative estimate of drug-likeness (QED) is 0.184. The van der Waals surface area contributed by atoms with Crippen molar-refractivity contribution in [3.8, 4) is 16.8 Å². The van der Waals surface area contributed by atoms with Crippen LogP contribution in [0, 0.1) is 0 Å². The third kappa shape index (κ3) is 4.79. The fraction of sp³-hybridized carbons (Fsp3) is 0.176. The minimum absolute atomic E-state index is 0.00774. The number of nitrogens with one attached hydrogen (secondary N) is 1. The molecule has 56 heavy (non-hydrogen) atoms. The largest absolute Gasteiger partial charge is 0.469 e. The first kappa shape index (κ1) is 33.2. The van der Waals surface area contributed by atoms with Gasteiger partial charge in [-0.1, -0.05) is 121 Å². The van der Waals surface area contributed by atoms with Gasteiger partial charge in [0.05, 0.1) is 16.9 Å². The van der Waals surface area contributed by atoms with Crippen LogP contribution in [0.5, 0.6) is 0 Å². The molecule has 1 N–H and O–H groups in total. The molecule has 0 unspecified atom stereocenters. The first-order valence-electron chi connectivity index (χ1n) is 19.8. The maximum absolute atomic E-state index is 6.99. The van der Waals surface area contributed by atoms with E-state index in [4.69, 9.17) is 8.83 Å². The Morgan fingerprint density at radius 2 is 1.23 bits per heavy atom. The maximum Gasteiger partial charge on any atom is 0.258 e. The second-order valence-corrected chi connectivity index (χ2v) is 17.9. The summed E-state index contributed by atoms with van der Waals surface area (Å²) in [6.45, 7) is 15.9. The molecular weight excluding hydrogens is 683 g/mol. The standard InChI is InChI=1S/C51H43BN2O2/c1-50(2,3)31-16-19-33(20-17-31)53-41-25-30-13-9-8-12-29(30)24-37(41)35-21-22-36-38-28-45-39(34-14-10-11-15-43(34)55-45)27-42(38)54-47(36)46(35)52(7)49-48(54)40-26-32(51(4,5)6)18-23-44(40)56-49/h8-28,53H,1-7H3. The number of aromatic nitrogens is 1. The van der Waals surface area contributed by atoms with Gasteiger partial charge in [0, 0.05) is 49.4 Å². The molecule has 0 spiro atoms. The molecule has 5 heteroatoms. The molecule has 4 heterocycles. The van der Waals surface area contributed by atoms with Crippen molar-refractivity contribution in [1.29, 1.82) is 0 Å². The van der Waals surface area contributed by atoms with Gasteiger partial charge in [0.25, 0.3) is 6.71 Å². The van der Waals surface area contributed by atoms with Crippen LogP contribution < -0.4 is 16.4 Å². The maximum atomic E-state index is 6.99. The third-order valence-electron chi connectivity index (χ3n) is 12.3. The van der Waals surface area contributed by atoms with Gasteiger partial charge in [-0.15, -0.1) is 0 Å². The Hall–Kier alpha value is -6.20. The zero-order chi connectivity index (χ0) is 38.2. The van der Waals surface area contributed by atoms with Crippen molar-refractivity contribution in [3.05, 3.63) is 139 Å². The first-order chi connectivity index (χ1) is 26.9. The van der Waals surface area contributed by atoms with E-state index < -0.39 is 0 Å². The van der Waals surface area contributed by atoms with Crippen LogP contribution in [0.4, 0.5) is 11.4 Å². The lowest BCUT2D eigenvalue weighted by Crippen LogP contribution is -2.45. The zero-order valence-electron chi connectivity index (χ0n) is 33.0. The molecule has 0 atom stereocenters. The lowest BCUT2D eigenvalue weighted by molar-refractivity contribution is 0.590. The van der Waals surface area contributed by atoms with E-state index in [1.54, 1.807) is 0 Å². The van der Waals surface area contributed by atoms with E-state index in [0.717, 1.165) is 61.1 Å². The lowest BCUT2D eigenvalue weighted by Gasteiger charge is -2.25. The monoisotopic (exact) mass is 726 g/mol. The molecule has 0 saturated heterocycles. The number of hydrogen-bond donors (Lipinski definition) is 1. The van der Waals surface area contributed by atoms with Crippen LogP contribution in [-0.2, 0) is 10.8 Å². The van der Waals surface area contributed by atoms with E-state index in [-0.39, 0.29) is 17.5 Å². The number of nitrogens with zero attached hydrogens (tertiary/aromatic N) is 1. The highest BCUT2D eigenvalue weighted by Gasteiger charge is 2.37. The third-order valence-corrected chi connectivity index (χ3v) is 12.3. The van der Waals surface area contributed by atoms with Gasteiger partial charge in [0.2, 0.25) is 0 Å². The van der Waals surface area contributed by atoms with Gasteiger partial charge < -0.3 is 18.7 Å². The molecule has 1 aliphatic heterocycles. The Balaban J connectivity index is 1.23. The van der Waals surface area contributed by atoms with Crippen LogP contribution in [-0.4, -0.2) is 11.3 Å². The van der Waals surface area contributed by atoms with Gasteiger partial charge in [0.15, 0.2) is 0 Å². The number of rotatable bonds is 3. The Labute approximate surface area is 326 Å². The average Bonchev–Trinajstić information content (AvgIpc) is 3.84. The van der Waals surface area contributed by atoms with Crippen molar-refractivity contribution in [2.45, 2.75) is 59.2 Å². The summed E-state index contributed by atoms with van der Waals surface area (Å²) in [5.41, 5.74) is 15.7. The smallest absolute Gasteiger partial charge is 0.258 e. The van der Waals surface area contributed by atoms with Gasteiger partial charge in [-0.25, -0.2) is 0 Å². The van der Waals surface area contributed by atoms with Crippen molar-refractivity contribution < 1.29 is 8.83 Å². The number of furan rings is 2. The average molecular weight is 727 g/mol. The molecule has 0 bridgehead atoms. The van der Waals surface area contributed by atoms with E-state index in [1.807, 2.05) is 6.07 Å². The molecule has 7 aromatic carbocycles. The van der Waals surface area contributed by atoms with Crippen LogP contribution in [0.2, 0.25) is 6.82 Å². The fourth-order valence-corrected chi connectivity index (χ4v) is 9.25. The van der Waals surface area contributed by atoms with Crippen LogP contribution in [0.25, 0.3) is 82.3 Å². The number of fused-ring (bicyclic) bond motifs is 11. The van der Waals surface area contributed by atoms with Gasteiger partial charge in [-0.05, 0) is 98.4 Å². The molecule has 0 saturated carbocycles. The predicted octanol–water partition coefficient (Wildman–Crippen LogP) is 13.1. The predicted molar refractivity (Wildman–Crippen MR) is 239 cm³/mol. The summed E-state index contributed by atoms with van der Waals surface area (Å²) >= 11 is 0. The van der Waals surface area contributed by atoms with Gasteiger partial charge in [-0.3, -0.25) is 0 Å². The lowest BCUT2D eigenvalue weighted by atomic mass is 9.42. The summed E-state index contributed by atoms with van der Waals surface area (Å²) in [6.07, 6.45) is 0. The minimum Gasteiger partial charge on any atom is -0.469 e. The Morgan fingerprint density at radius 1 is 0.536 bits per heavy atom. The fourth-order valence-electron chi connectivity index (χ4n) is 9.25. The number of hydrogen-bond acceptors (Lipinski definition) is 3. The van der Waals surface area contributed by atoms with Crippen LogP contribution in [0.1, 0.15) is 52.7 Å². The highest BCUT2D eigenvalue weighted by Crippen LogP contribution is 2.44. The summed E-state index contributed by atoms with van der Waals surface area (Å²) in [7, 11) is 0. The van der Waals surface area contributed by atoms with Crippen molar-refractivity contribution >= 4 is 94.7 Å². The van der Waals surface area contributed by atoms with Crippen LogP contribution in [0.15, 0.2) is 136 Å². The van der Waals surface area contributed by atoms with Crippen molar-refractivity contribution in [2.24, 2.45) is 0 Å². The summed E-state index contributed by atoms with van der Waals surface area (Å²) in [5.74, 6) is 0. The molecule has 0 aliphatic carbocycles. The first-order valence-corrected chi connectivity index (χ1v) is 19.8. The topological polar surface area (TPSA) is 43.2 Å². The van der Waals surface area contributed by atoms with E-state index in [0.29, 0.717) is 0 Å². The molecule has 0 amide bonds. The molecule has 1 aliphatic rings. The Bertz CT molecular complexity index is 3250. The molecule has 272 valence electrons. The van der Waals surface area contributed by atoms with Crippen molar-refractivity contribution in [3.63, 3.8) is 0 Å². The molecular formula is C51H43BN2O2. The summed E-state index contributed by atoms with van der Waals surface area (Å²) < 4.78 is 16.0. The number of para-hydroxylation sites is 1. The summed E-state index contributed by atoms with van der Waals surface area (Å²) in [5, 5.41) is 12.1. The molecule has 10 aromatic rings. The molecule has 0 fully saturated rings. The highest BCUT2D eigenvalue weighted by molar-refractivity contribution is 6.88. The Kier molecular flexibility index (Phi) is 6.77. The van der Waals surface area contributed by atoms with E-state index >= 15 is 0 Å². The Morgan fingerprint density at radius 3 is 2.00 bits per heavy atom. The summed E-state index contributed by atoms with van der Waals surface area (Å²) in [4.78, 5) is 0. The van der Waals surface area contributed by atoms with Crippen molar-refractivity contribution in [1.82, 2.24) is 4.57 Å². The second-order valence-electron chi connectivity index (χ2n) is 17.9. The van der Waals surface area contributed by atoms with E-state index in [9.17, 15) is 0 Å². The zero-order valence-corrected chi connectivity index (χ0v) is 33.0. The normalized spacial score (nSPS) is 13.2. The van der Waals surface area contributed by atoms with Gasteiger partial charge in [0.1, 0.15) is 16.7 Å². The highest BCUT2D eigenvalue weighted by atomic mass is 16.3. The van der Waals surface area contributed by atoms with Crippen LogP contribution in [0.3, 0.4) is 0 Å². The molecule has 11 rings (SSSR count). The summed E-state index contributed by atoms with van der Waals surface area (Å²) in [6, 6.07) is 46.6. The number of benzene rings is 7. The minimum atomic E-state index is -0.0137. The second kappa shape index (κ2) is 11.4. The van der Waals surface area contributed by atoms with Gasteiger partial charge in [-0.2, -0.15) is 0 Å². The molecule has 0 radical (unpaired) electrons. The van der Waals surface area contributed by atoms with E-state index in [1.165, 1.54) is 54.8 Å². The van der Waals surface area contributed by atoms with Gasteiger partial charge >= 0.3 is 0 Å². The molecule has 3 aromatic heterocycles. The molecule has 4 nitrogen and oxygen atoms in total. The SMILES string of the molecule is CB1c2oc3ccc(C(C)(C)C)cc3c2-n2c3cc4c(cc3c3ccc(-c5cc6ccccc6cc5Nc5ccc(C(C)(C)C)cc5)c1c32)oc1ccccc14. The van der Waals surface area contributed by atoms with E-state index in [2.05, 4.69) is 180 Å². The number of anilines is 2. The van der Waals surface area contributed by atoms with Crippen molar-refractivity contribution in [2.75, 3.05) is 5.32 Å². The van der Waals surface area contributed by atoms with Crippen LogP contribution >= 0.6 is 0 Å².